The second-order valence-corrected chi connectivity index (χ2v) is 7.22. The highest BCUT2D eigenvalue weighted by atomic mass is 19.4. The Morgan fingerprint density at radius 3 is 2.63 bits per heavy atom. The van der Waals surface area contributed by atoms with Crippen molar-refractivity contribution in [2.24, 2.45) is 10.9 Å². The van der Waals surface area contributed by atoms with E-state index < -0.39 is 12.7 Å². The van der Waals surface area contributed by atoms with Crippen LogP contribution < -0.4 is 5.32 Å². The van der Waals surface area contributed by atoms with Crippen LogP contribution in [0.2, 0.25) is 0 Å². The van der Waals surface area contributed by atoms with E-state index in [2.05, 4.69) is 33.4 Å². The minimum Gasteiger partial charge on any atom is -0.356 e. The zero-order valence-corrected chi connectivity index (χ0v) is 15.7. The lowest BCUT2D eigenvalue weighted by Crippen LogP contribution is -2.45. The van der Waals surface area contributed by atoms with E-state index in [1.807, 2.05) is 18.2 Å². The fourth-order valence-corrected chi connectivity index (χ4v) is 3.82. The summed E-state index contributed by atoms with van der Waals surface area (Å²) < 4.78 is 37.5. The highest BCUT2D eigenvalue weighted by Gasteiger charge is 2.34. The summed E-state index contributed by atoms with van der Waals surface area (Å²) in [6.07, 6.45) is -0.146. The predicted octanol–water partition coefficient (Wildman–Crippen LogP) is 3.24. The summed E-state index contributed by atoms with van der Waals surface area (Å²) in [5.74, 6) is 1.05. The summed E-state index contributed by atoms with van der Waals surface area (Å²) >= 11 is 0. The third-order valence-electron chi connectivity index (χ3n) is 5.19. The molecule has 4 nitrogen and oxygen atoms in total. The van der Waals surface area contributed by atoms with Crippen LogP contribution in [0.1, 0.15) is 18.4 Å². The number of alkyl halides is 3. The maximum atomic E-state index is 12.5. The zero-order chi connectivity index (χ0) is 19.3. The number of hydrogen-bond donors (Lipinski definition) is 1. The zero-order valence-electron chi connectivity index (χ0n) is 15.7. The maximum absolute atomic E-state index is 12.5. The molecule has 1 aromatic carbocycles. The Hall–Kier alpha value is -2.02. The van der Waals surface area contributed by atoms with Gasteiger partial charge in [-0.3, -0.25) is 9.89 Å². The average Bonchev–Trinajstić information content (AvgIpc) is 3.09. The van der Waals surface area contributed by atoms with Gasteiger partial charge in [-0.25, -0.2) is 0 Å². The van der Waals surface area contributed by atoms with Crippen molar-refractivity contribution in [3.8, 4) is 0 Å². The molecule has 0 saturated carbocycles. The van der Waals surface area contributed by atoms with Crippen LogP contribution in [0.3, 0.4) is 0 Å². The van der Waals surface area contributed by atoms with Crippen LogP contribution in [0.4, 0.5) is 13.2 Å². The number of nitrogens with one attached hydrogen (secondary N) is 1. The van der Waals surface area contributed by atoms with Crippen molar-refractivity contribution in [3.05, 3.63) is 42.0 Å². The molecule has 2 aliphatic rings. The van der Waals surface area contributed by atoms with Gasteiger partial charge in [0.25, 0.3) is 0 Å². The molecule has 0 aromatic heterocycles. The molecule has 2 aliphatic heterocycles. The molecule has 1 saturated heterocycles. The van der Waals surface area contributed by atoms with Crippen LogP contribution in [0.25, 0.3) is 5.57 Å². The first-order valence-corrected chi connectivity index (χ1v) is 9.44. The highest BCUT2D eigenvalue weighted by Crippen LogP contribution is 2.23. The van der Waals surface area contributed by atoms with Crippen molar-refractivity contribution >= 4 is 11.5 Å². The first-order valence-electron chi connectivity index (χ1n) is 9.44. The van der Waals surface area contributed by atoms with E-state index in [0.29, 0.717) is 19.6 Å². The summed E-state index contributed by atoms with van der Waals surface area (Å²) in [7, 11) is 1.75. The molecule has 1 N–H and O–H groups in total. The van der Waals surface area contributed by atoms with Gasteiger partial charge in [0, 0.05) is 33.2 Å². The number of rotatable bonds is 4. The van der Waals surface area contributed by atoms with Crippen molar-refractivity contribution in [1.29, 1.82) is 0 Å². The average molecular weight is 380 g/mol. The van der Waals surface area contributed by atoms with Crippen molar-refractivity contribution in [2.45, 2.75) is 19.0 Å². The van der Waals surface area contributed by atoms with Crippen molar-refractivity contribution in [2.75, 3.05) is 46.3 Å². The summed E-state index contributed by atoms with van der Waals surface area (Å²) in [5, 5.41) is 3.36. The molecule has 3 rings (SSSR count). The van der Waals surface area contributed by atoms with Crippen molar-refractivity contribution in [3.63, 3.8) is 0 Å². The summed E-state index contributed by atoms with van der Waals surface area (Å²) in [6.45, 7) is 2.52. The molecule has 0 amide bonds. The van der Waals surface area contributed by atoms with E-state index in [0.717, 1.165) is 31.9 Å². The molecular formula is C20H27F3N4. The molecule has 0 bridgehead atoms. The van der Waals surface area contributed by atoms with Crippen LogP contribution in [-0.4, -0.2) is 68.3 Å². The van der Waals surface area contributed by atoms with Gasteiger partial charge >= 0.3 is 6.18 Å². The van der Waals surface area contributed by atoms with E-state index in [1.165, 1.54) is 16.0 Å². The fraction of sp³-hybridized carbons (Fsp3) is 0.550. The first kappa shape index (κ1) is 19.7. The number of guanidine groups is 1. The molecule has 0 radical (unpaired) electrons. The Morgan fingerprint density at radius 2 is 2.00 bits per heavy atom. The Kier molecular flexibility index (Phi) is 6.42. The molecule has 0 spiro atoms. The number of halogens is 3. The van der Waals surface area contributed by atoms with Crippen LogP contribution in [0.15, 0.2) is 41.4 Å². The molecule has 0 aliphatic carbocycles. The van der Waals surface area contributed by atoms with E-state index in [9.17, 15) is 13.2 Å². The van der Waals surface area contributed by atoms with Crippen LogP contribution >= 0.6 is 0 Å². The van der Waals surface area contributed by atoms with Crippen molar-refractivity contribution < 1.29 is 13.2 Å². The lowest BCUT2D eigenvalue weighted by atomic mass is 10.00. The van der Waals surface area contributed by atoms with E-state index in [-0.39, 0.29) is 5.92 Å². The Balaban J connectivity index is 1.47. The highest BCUT2D eigenvalue weighted by molar-refractivity contribution is 5.81. The van der Waals surface area contributed by atoms with Gasteiger partial charge in [-0.15, -0.1) is 0 Å². The van der Waals surface area contributed by atoms with E-state index in [4.69, 9.17) is 0 Å². The van der Waals surface area contributed by atoms with Gasteiger partial charge < -0.3 is 10.2 Å². The topological polar surface area (TPSA) is 30.9 Å². The third-order valence-corrected chi connectivity index (χ3v) is 5.19. The van der Waals surface area contributed by atoms with Crippen molar-refractivity contribution in [1.82, 2.24) is 15.1 Å². The molecule has 1 atom stereocenters. The monoisotopic (exact) mass is 380 g/mol. The molecule has 1 fully saturated rings. The minimum atomic E-state index is -4.12. The van der Waals surface area contributed by atoms with E-state index >= 15 is 0 Å². The molecule has 1 aromatic rings. The first-order chi connectivity index (χ1) is 12.9. The third kappa shape index (κ3) is 5.73. The molecular weight excluding hydrogens is 353 g/mol. The number of likely N-dealkylation sites (tertiary alicyclic amines) is 1. The lowest BCUT2D eigenvalue weighted by molar-refractivity contribution is -0.143. The summed E-state index contributed by atoms with van der Waals surface area (Å²) in [4.78, 5) is 8.04. The Labute approximate surface area is 158 Å². The smallest absolute Gasteiger partial charge is 0.356 e. The van der Waals surface area contributed by atoms with Gasteiger partial charge in [0.2, 0.25) is 0 Å². The number of nitrogens with zero attached hydrogens (tertiary/aromatic N) is 3. The molecule has 7 heteroatoms. The standard InChI is InChI=1S/C20H27F3N4/c1-24-19(25-13-16-7-10-26(14-16)15-20(21,22)23)27-11-8-18(9-12-27)17-5-3-2-4-6-17/h2-6,8,16H,7,9-15H2,1H3,(H,24,25). The quantitative estimate of drug-likeness (QED) is 0.643. The summed E-state index contributed by atoms with van der Waals surface area (Å²) in [5.41, 5.74) is 2.61. The Morgan fingerprint density at radius 1 is 1.22 bits per heavy atom. The molecule has 1 unspecified atom stereocenters. The normalized spacial score (nSPS) is 22.1. The molecule has 2 heterocycles. The van der Waals surface area contributed by atoms with Gasteiger partial charge in [0.05, 0.1) is 6.54 Å². The van der Waals surface area contributed by atoms with Gasteiger partial charge in [-0.05, 0) is 36.4 Å². The van der Waals surface area contributed by atoms with Crippen LogP contribution in [0.5, 0.6) is 0 Å². The van der Waals surface area contributed by atoms with Crippen LogP contribution in [-0.2, 0) is 0 Å². The fourth-order valence-electron chi connectivity index (χ4n) is 3.82. The SMILES string of the molecule is CN=C(NCC1CCN(CC(F)(F)F)C1)N1CC=C(c2ccccc2)CC1. The predicted molar refractivity (Wildman–Crippen MR) is 103 cm³/mol. The number of aliphatic imine (C=N–C) groups is 1. The number of benzene rings is 1. The second-order valence-electron chi connectivity index (χ2n) is 7.22. The molecule has 148 valence electrons. The van der Waals surface area contributed by atoms with E-state index in [1.54, 1.807) is 7.05 Å². The van der Waals surface area contributed by atoms with Gasteiger partial charge in [-0.1, -0.05) is 36.4 Å². The van der Waals surface area contributed by atoms with Crippen LogP contribution in [0, 0.1) is 5.92 Å². The van der Waals surface area contributed by atoms with Gasteiger partial charge in [0.15, 0.2) is 5.96 Å². The largest absolute Gasteiger partial charge is 0.401 e. The lowest BCUT2D eigenvalue weighted by Gasteiger charge is -2.30. The number of hydrogen-bond acceptors (Lipinski definition) is 2. The Bertz CT molecular complexity index is 670. The second kappa shape index (κ2) is 8.78. The molecule has 27 heavy (non-hydrogen) atoms. The van der Waals surface area contributed by atoms with Gasteiger partial charge in [0.1, 0.15) is 0 Å². The summed E-state index contributed by atoms with van der Waals surface area (Å²) in [6, 6.07) is 10.4. The van der Waals surface area contributed by atoms with Gasteiger partial charge in [-0.2, -0.15) is 13.2 Å². The maximum Gasteiger partial charge on any atom is 0.401 e. The minimum absolute atomic E-state index is 0.226.